The Balaban J connectivity index is 2.99. The smallest absolute Gasteiger partial charge is 0.0976 e. The van der Waals surface area contributed by atoms with E-state index in [9.17, 15) is 4.21 Å². The Kier molecular flexibility index (Phi) is 4.73. The molecule has 1 aromatic carbocycles. The first-order valence-electron chi connectivity index (χ1n) is 6.35. The van der Waals surface area contributed by atoms with Crippen LogP contribution in [-0.2, 0) is 11.0 Å². The third kappa shape index (κ3) is 4.21. The highest BCUT2D eigenvalue weighted by molar-refractivity contribution is 7.84. The van der Waals surface area contributed by atoms with Crippen molar-refractivity contribution < 1.29 is 4.21 Å². The van der Waals surface area contributed by atoms with Gasteiger partial charge >= 0.3 is 0 Å². The fraction of sp³-hybridized carbons (Fsp3) is 0.600. The summed E-state index contributed by atoms with van der Waals surface area (Å²) in [6, 6.07) is 10.3. The summed E-state index contributed by atoms with van der Waals surface area (Å²) in [6.45, 7) is 12.5. The molecule has 0 amide bonds. The molecule has 1 N–H and O–H groups in total. The number of nitrogens with one attached hydrogen (secondary N) is 1. The molecule has 0 heterocycles. The zero-order valence-corrected chi connectivity index (χ0v) is 13.1. The van der Waals surface area contributed by atoms with Gasteiger partial charge in [-0.2, -0.15) is 0 Å². The lowest BCUT2D eigenvalue weighted by atomic mass is 9.83. The Morgan fingerprint density at radius 3 is 1.89 bits per heavy atom. The molecule has 0 aliphatic heterocycles. The van der Waals surface area contributed by atoms with Gasteiger partial charge in [-0.3, -0.25) is 0 Å². The largest absolute Gasteiger partial charge is 0.242 e. The van der Waals surface area contributed by atoms with Crippen LogP contribution >= 0.6 is 0 Å². The maximum atomic E-state index is 12.3. The monoisotopic (exact) mass is 267 g/mol. The fourth-order valence-corrected chi connectivity index (χ4v) is 2.73. The van der Waals surface area contributed by atoms with E-state index in [1.165, 1.54) is 5.56 Å². The molecule has 1 unspecified atom stereocenters. The summed E-state index contributed by atoms with van der Waals surface area (Å²) in [5, 5.41) is 0. The van der Waals surface area contributed by atoms with E-state index in [4.69, 9.17) is 0 Å². The van der Waals surface area contributed by atoms with Crippen LogP contribution in [0.25, 0.3) is 0 Å². The third-order valence-electron chi connectivity index (χ3n) is 2.78. The highest BCUT2D eigenvalue weighted by atomic mass is 32.2. The van der Waals surface area contributed by atoms with Gasteiger partial charge in [0.25, 0.3) is 0 Å². The van der Waals surface area contributed by atoms with Gasteiger partial charge in [0, 0.05) is 6.04 Å². The molecule has 0 aromatic heterocycles. The maximum Gasteiger partial charge on any atom is 0.0976 e. The quantitative estimate of drug-likeness (QED) is 0.886. The number of rotatable bonds is 3. The second kappa shape index (κ2) is 5.54. The van der Waals surface area contributed by atoms with Gasteiger partial charge in [0.05, 0.1) is 15.7 Å². The Morgan fingerprint density at radius 1 is 1.00 bits per heavy atom. The van der Waals surface area contributed by atoms with E-state index in [0.29, 0.717) is 0 Å². The van der Waals surface area contributed by atoms with E-state index < -0.39 is 11.0 Å². The Hall–Kier alpha value is -0.670. The molecule has 18 heavy (non-hydrogen) atoms. The van der Waals surface area contributed by atoms with Crippen molar-refractivity contribution in [2.45, 2.75) is 52.3 Å². The summed E-state index contributed by atoms with van der Waals surface area (Å²) in [7, 11) is -1.06. The summed E-state index contributed by atoms with van der Waals surface area (Å²) in [4.78, 5) is 0. The zero-order valence-electron chi connectivity index (χ0n) is 12.3. The minimum Gasteiger partial charge on any atom is -0.242 e. The topological polar surface area (TPSA) is 29.1 Å². The molecule has 0 radical (unpaired) electrons. The molecule has 0 saturated heterocycles. The normalized spacial score (nSPS) is 16.3. The molecule has 102 valence electrons. The Bertz CT molecular complexity index is 401. The summed E-state index contributed by atoms with van der Waals surface area (Å²) >= 11 is 0. The van der Waals surface area contributed by atoms with Crippen molar-refractivity contribution in [1.29, 1.82) is 0 Å². The van der Waals surface area contributed by atoms with E-state index >= 15 is 0 Å². The molecule has 1 aromatic rings. The number of hydrogen-bond donors (Lipinski definition) is 1. The Morgan fingerprint density at radius 2 is 1.50 bits per heavy atom. The van der Waals surface area contributed by atoms with E-state index in [1.54, 1.807) is 0 Å². The van der Waals surface area contributed by atoms with Gasteiger partial charge in [-0.05, 0) is 31.7 Å². The predicted octanol–water partition coefficient (Wildman–Crippen LogP) is 3.83. The van der Waals surface area contributed by atoms with Crippen molar-refractivity contribution in [2.24, 2.45) is 5.41 Å². The molecule has 2 atom stereocenters. The fourth-order valence-electron chi connectivity index (χ4n) is 1.67. The van der Waals surface area contributed by atoms with Crippen molar-refractivity contribution in [3.05, 3.63) is 35.9 Å². The van der Waals surface area contributed by atoms with Crippen molar-refractivity contribution in [3.63, 3.8) is 0 Å². The number of hydrogen-bond acceptors (Lipinski definition) is 1. The van der Waals surface area contributed by atoms with Crippen LogP contribution in [0, 0.1) is 5.41 Å². The van der Waals surface area contributed by atoms with Crippen LogP contribution in [0.15, 0.2) is 30.3 Å². The second-order valence-electron chi connectivity index (χ2n) is 6.71. The molecule has 0 saturated carbocycles. The highest BCUT2D eigenvalue weighted by Crippen LogP contribution is 2.33. The zero-order chi connectivity index (χ0) is 14.0. The molecule has 0 bridgehead atoms. The van der Waals surface area contributed by atoms with Crippen LogP contribution in [0.1, 0.15) is 53.1 Å². The SMILES string of the molecule is CC(C)(C)[C@@H](NS(=O)C(C)(C)C)c1ccccc1. The van der Waals surface area contributed by atoms with Gasteiger partial charge in [-0.1, -0.05) is 51.1 Å². The summed E-state index contributed by atoms with van der Waals surface area (Å²) in [5.41, 5.74) is 1.20. The average molecular weight is 267 g/mol. The molecule has 0 fully saturated rings. The van der Waals surface area contributed by atoms with Gasteiger partial charge in [0.1, 0.15) is 0 Å². The van der Waals surface area contributed by atoms with Crippen molar-refractivity contribution in [2.75, 3.05) is 0 Å². The first kappa shape index (κ1) is 15.4. The molecule has 0 aliphatic rings. The van der Waals surface area contributed by atoms with Crippen LogP contribution in [0.3, 0.4) is 0 Å². The van der Waals surface area contributed by atoms with Crippen LogP contribution < -0.4 is 4.72 Å². The third-order valence-corrected chi connectivity index (χ3v) is 4.34. The van der Waals surface area contributed by atoms with Gasteiger partial charge in [-0.25, -0.2) is 8.93 Å². The van der Waals surface area contributed by atoms with Crippen LogP contribution in [-0.4, -0.2) is 8.96 Å². The van der Waals surface area contributed by atoms with E-state index in [-0.39, 0.29) is 16.2 Å². The van der Waals surface area contributed by atoms with E-state index in [2.05, 4.69) is 37.6 Å². The first-order chi connectivity index (χ1) is 8.12. The van der Waals surface area contributed by atoms with Gasteiger partial charge in [0.15, 0.2) is 0 Å². The first-order valence-corrected chi connectivity index (χ1v) is 7.50. The summed E-state index contributed by atoms with van der Waals surface area (Å²) in [5.74, 6) is 0. The van der Waals surface area contributed by atoms with Gasteiger partial charge in [-0.15, -0.1) is 0 Å². The average Bonchev–Trinajstić information content (AvgIpc) is 2.23. The lowest BCUT2D eigenvalue weighted by Gasteiger charge is -2.33. The predicted molar refractivity (Wildman–Crippen MR) is 79.7 cm³/mol. The Labute approximate surface area is 114 Å². The van der Waals surface area contributed by atoms with Crippen molar-refractivity contribution in [1.82, 2.24) is 4.72 Å². The number of benzene rings is 1. The molecule has 1 rings (SSSR count). The minimum atomic E-state index is -1.06. The second-order valence-corrected chi connectivity index (χ2v) is 8.71. The van der Waals surface area contributed by atoms with E-state index in [0.717, 1.165) is 0 Å². The molecule has 2 nitrogen and oxygen atoms in total. The van der Waals surface area contributed by atoms with Crippen molar-refractivity contribution in [3.8, 4) is 0 Å². The molecule has 0 aliphatic carbocycles. The summed E-state index contributed by atoms with van der Waals surface area (Å²) in [6.07, 6.45) is 0. The molecular formula is C15H25NOS. The van der Waals surface area contributed by atoms with Crippen molar-refractivity contribution >= 4 is 11.0 Å². The molecule has 0 spiro atoms. The van der Waals surface area contributed by atoms with E-state index in [1.807, 2.05) is 39.0 Å². The van der Waals surface area contributed by atoms with Gasteiger partial charge < -0.3 is 0 Å². The highest BCUT2D eigenvalue weighted by Gasteiger charge is 2.30. The van der Waals surface area contributed by atoms with Gasteiger partial charge in [0.2, 0.25) is 0 Å². The minimum absolute atomic E-state index is 0.0161. The standard InChI is InChI=1S/C15H25NOS/c1-14(2,3)13(12-10-8-7-9-11-12)16-18(17)15(4,5)6/h7-11,13,16H,1-6H3/t13-,18?/m0/s1. The van der Waals surface area contributed by atoms with Crippen LogP contribution in [0.2, 0.25) is 0 Å². The molecule has 3 heteroatoms. The maximum absolute atomic E-state index is 12.3. The lowest BCUT2D eigenvalue weighted by molar-refractivity contribution is 0.307. The van der Waals surface area contributed by atoms with Crippen LogP contribution in [0.4, 0.5) is 0 Å². The van der Waals surface area contributed by atoms with Crippen LogP contribution in [0.5, 0.6) is 0 Å². The lowest BCUT2D eigenvalue weighted by Crippen LogP contribution is -2.40. The summed E-state index contributed by atoms with van der Waals surface area (Å²) < 4.78 is 15.3. The molecular weight excluding hydrogens is 242 g/mol.